The average molecular weight is 307 g/mol. The molecular weight excluding hydrogens is 282 g/mol. The number of hydrogen-bond acceptors (Lipinski definition) is 4. The molecule has 22 heavy (non-hydrogen) atoms. The Morgan fingerprint density at radius 1 is 1.32 bits per heavy atom. The number of nitrogens with zero attached hydrogens (tertiary/aromatic N) is 1. The minimum atomic E-state index is -0.851. The number of ether oxygens (including phenoxy) is 2. The van der Waals surface area contributed by atoms with Crippen molar-refractivity contribution in [3.05, 3.63) is 35.9 Å². The fourth-order valence-corrected chi connectivity index (χ4v) is 2.76. The maximum Gasteiger partial charge on any atom is 0.413 e. The molecule has 1 fully saturated rings. The maximum atomic E-state index is 12.5. The Labute approximate surface area is 131 Å². The van der Waals surface area contributed by atoms with E-state index in [0.29, 0.717) is 0 Å². The third kappa shape index (κ3) is 3.42. The highest BCUT2D eigenvalue weighted by Crippen LogP contribution is 2.41. The first-order valence-electron chi connectivity index (χ1n) is 7.51. The van der Waals surface area contributed by atoms with Crippen LogP contribution in [0, 0.1) is 0 Å². The largest absolute Gasteiger partial charge is 0.444 e. The summed E-state index contributed by atoms with van der Waals surface area (Å²) in [7, 11) is 0. The predicted octanol–water partition coefficient (Wildman–Crippen LogP) is 3.09. The summed E-state index contributed by atoms with van der Waals surface area (Å²) < 4.78 is 11.5. The van der Waals surface area contributed by atoms with Gasteiger partial charge in [-0.15, -0.1) is 0 Å². The molecule has 1 N–H and O–H groups in total. The number of hydrogen-bond donors (Lipinski definition) is 1. The van der Waals surface area contributed by atoms with Gasteiger partial charge in [0.05, 0.1) is 12.6 Å². The number of aliphatic hydroxyl groups excluding tert-OH is 1. The molecule has 1 saturated heterocycles. The highest BCUT2D eigenvalue weighted by Gasteiger charge is 2.51. The van der Waals surface area contributed by atoms with E-state index in [9.17, 15) is 9.90 Å². The highest BCUT2D eigenvalue weighted by molar-refractivity contribution is 5.70. The molecule has 122 valence electrons. The van der Waals surface area contributed by atoms with E-state index in [0.717, 1.165) is 5.56 Å². The van der Waals surface area contributed by atoms with E-state index in [1.807, 2.05) is 65.0 Å². The van der Waals surface area contributed by atoms with Gasteiger partial charge in [0, 0.05) is 0 Å². The molecule has 1 heterocycles. The Balaban J connectivity index is 2.31. The van der Waals surface area contributed by atoms with Crippen molar-refractivity contribution >= 4 is 6.09 Å². The van der Waals surface area contributed by atoms with Gasteiger partial charge in [0.15, 0.2) is 0 Å². The van der Waals surface area contributed by atoms with E-state index in [2.05, 4.69) is 0 Å². The summed E-state index contributed by atoms with van der Waals surface area (Å²) in [5.41, 5.74) is -0.519. The van der Waals surface area contributed by atoms with Crippen molar-refractivity contribution in [2.75, 3.05) is 6.61 Å². The molecule has 0 unspecified atom stereocenters. The zero-order chi connectivity index (χ0) is 16.5. The molecule has 1 aliphatic heterocycles. The Hall–Kier alpha value is -1.59. The predicted molar refractivity (Wildman–Crippen MR) is 83.3 cm³/mol. The van der Waals surface area contributed by atoms with Crippen LogP contribution in [-0.2, 0) is 9.47 Å². The number of aliphatic hydroxyl groups is 1. The quantitative estimate of drug-likeness (QED) is 0.912. The molecule has 2 rings (SSSR count). The third-order valence-electron chi connectivity index (χ3n) is 3.58. The summed E-state index contributed by atoms with van der Waals surface area (Å²) in [6, 6.07) is 9.13. The monoisotopic (exact) mass is 307 g/mol. The van der Waals surface area contributed by atoms with Crippen LogP contribution in [0.25, 0.3) is 0 Å². The summed E-state index contributed by atoms with van der Waals surface area (Å²) in [5, 5.41) is 9.82. The lowest BCUT2D eigenvalue weighted by Gasteiger charge is -2.34. The SMILES string of the molecule is CC(C)(C)OC(=O)N1[C@H](CO)[C@@H](c2ccccc2)OC1(C)C. The van der Waals surface area contributed by atoms with Crippen LogP contribution < -0.4 is 0 Å². The van der Waals surface area contributed by atoms with Crippen LogP contribution in [-0.4, -0.2) is 40.1 Å². The number of rotatable bonds is 2. The molecule has 2 atom stereocenters. The second-order valence-corrected chi connectivity index (χ2v) is 7.00. The van der Waals surface area contributed by atoms with Crippen molar-refractivity contribution < 1.29 is 19.4 Å². The van der Waals surface area contributed by atoms with Crippen LogP contribution in [0.5, 0.6) is 0 Å². The number of carbonyl (C=O) groups is 1. The smallest absolute Gasteiger partial charge is 0.413 e. The molecule has 1 amide bonds. The molecule has 0 bridgehead atoms. The molecule has 0 radical (unpaired) electrons. The lowest BCUT2D eigenvalue weighted by Crippen LogP contribution is -2.51. The second kappa shape index (κ2) is 5.89. The molecule has 0 aliphatic carbocycles. The second-order valence-electron chi connectivity index (χ2n) is 7.00. The molecule has 1 aromatic carbocycles. The van der Waals surface area contributed by atoms with Gasteiger partial charge in [-0.1, -0.05) is 30.3 Å². The number of benzene rings is 1. The molecule has 0 aromatic heterocycles. The van der Waals surface area contributed by atoms with Crippen molar-refractivity contribution in [1.29, 1.82) is 0 Å². The van der Waals surface area contributed by atoms with E-state index in [4.69, 9.17) is 9.47 Å². The van der Waals surface area contributed by atoms with Gasteiger partial charge >= 0.3 is 6.09 Å². The van der Waals surface area contributed by atoms with Gasteiger partial charge in [0.25, 0.3) is 0 Å². The summed E-state index contributed by atoms with van der Waals surface area (Å²) in [4.78, 5) is 14.0. The molecule has 0 spiro atoms. The summed E-state index contributed by atoms with van der Waals surface area (Å²) in [6.07, 6.45) is -0.858. The molecule has 0 saturated carbocycles. The maximum absolute atomic E-state index is 12.5. The van der Waals surface area contributed by atoms with Gasteiger partial charge in [0.2, 0.25) is 0 Å². The first-order valence-corrected chi connectivity index (χ1v) is 7.51. The van der Waals surface area contributed by atoms with E-state index >= 15 is 0 Å². The van der Waals surface area contributed by atoms with Gasteiger partial charge in [-0.3, -0.25) is 4.90 Å². The van der Waals surface area contributed by atoms with Gasteiger partial charge in [-0.2, -0.15) is 0 Å². The third-order valence-corrected chi connectivity index (χ3v) is 3.58. The zero-order valence-electron chi connectivity index (χ0n) is 13.9. The van der Waals surface area contributed by atoms with Crippen LogP contribution in [0.15, 0.2) is 30.3 Å². The molecule has 5 nitrogen and oxygen atoms in total. The lowest BCUT2D eigenvalue weighted by atomic mass is 10.0. The Morgan fingerprint density at radius 2 is 1.91 bits per heavy atom. The summed E-state index contributed by atoms with van der Waals surface area (Å²) in [5.74, 6) is 0. The summed E-state index contributed by atoms with van der Waals surface area (Å²) in [6.45, 7) is 8.87. The van der Waals surface area contributed by atoms with E-state index in [-0.39, 0.29) is 12.7 Å². The number of carbonyl (C=O) groups excluding carboxylic acids is 1. The van der Waals surface area contributed by atoms with Crippen molar-refractivity contribution in [2.24, 2.45) is 0 Å². The number of amides is 1. The fourth-order valence-electron chi connectivity index (χ4n) is 2.76. The fraction of sp³-hybridized carbons (Fsp3) is 0.588. The first-order chi connectivity index (χ1) is 10.2. The van der Waals surface area contributed by atoms with Crippen molar-refractivity contribution in [3.8, 4) is 0 Å². The topological polar surface area (TPSA) is 59.0 Å². The standard InChI is InChI=1S/C17H25NO4/c1-16(2,3)22-15(20)18-13(11-19)14(21-17(18,4)5)12-9-7-6-8-10-12/h6-10,13-14,19H,11H2,1-5H3/t13-,14-/m1/s1. The normalized spacial score (nSPS) is 24.4. The van der Waals surface area contributed by atoms with Crippen LogP contribution in [0.4, 0.5) is 4.79 Å². The van der Waals surface area contributed by atoms with E-state index < -0.39 is 23.5 Å². The first kappa shape index (κ1) is 16.8. The van der Waals surface area contributed by atoms with Crippen molar-refractivity contribution in [1.82, 2.24) is 4.90 Å². The van der Waals surface area contributed by atoms with Gasteiger partial charge in [-0.05, 0) is 40.2 Å². The van der Waals surface area contributed by atoms with E-state index in [1.54, 1.807) is 0 Å². The Morgan fingerprint density at radius 3 is 2.41 bits per heavy atom. The molecular formula is C17H25NO4. The minimum absolute atomic E-state index is 0.192. The van der Waals surface area contributed by atoms with Crippen LogP contribution in [0.1, 0.15) is 46.3 Å². The van der Waals surface area contributed by atoms with Crippen molar-refractivity contribution in [2.45, 2.75) is 58.1 Å². The zero-order valence-corrected chi connectivity index (χ0v) is 13.9. The Kier molecular flexibility index (Phi) is 4.49. The molecule has 1 aliphatic rings. The lowest BCUT2D eigenvalue weighted by molar-refractivity contribution is -0.0799. The highest BCUT2D eigenvalue weighted by atomic mass is 16.6. The van der Waals surface area contributed by atoms with E-state index in [1.165, 1.54) is 4.90 Å². The van der Waals surface area contributed by atoms with Gasteiger partial charge in [0.1, 0.15) is 17.4 Å². The van der Waals surface area contributed by atoms with Gasteiger partial charge < -0.3 is 14.6 Å². The minimum Gasteiger partial charge on any atom is -0.444 e. The molecule has 5 heteroatoms. The Bertz CT molecular complexity index is 521. The molecule has 1 aromatic rings. The van der Waals surface area contributed by atoms with Crippen LogP contribution in [0.2, 0.25) is 0 Å². The van der Waals surface area contributed by atoms with Crippen molar-refractivity contribution in [3.63, 3.8) is 0 Å². The van der Waals surface area contributed by atoms with Gasteiger partial charge in [-0.25, -0.2) is 4.79 Å². The summed E-state index contributed by atoms with van der Waals surface area (Å²) >= 11 is 0. The average Bonchev–Trinajstić information content (AvgIpc) is 2.68. The van der Waals surface area contributed by atoms with Crippen LogP contribution in [0.3, 0.4) is 0 Å². The van der Waals surface area contributed by atoms with Crippen LogP contribution >= 0.6 is 0 Å².